The zero-order valence-corrected chi connectivity index (χ0v) is 12.8. The molecule has 1 atom stereocenters. The van der Waals surface area contributed by atoms with E-state index >= 15 is 0 Å². The summed E-state index contributed by atoms with van der Waals surface area (Å²) >= 11 is 0. The van der Waals surface area contributed by atoms with E-state index in [1.54, 1.807) is 12.1 Å². The lowest BCUT2D eigenvalue weighted by Gasteiger charge is -2.20. The van der Waals surface area contributed by atoms with Gasteiger partial charge in [0, 0.05) is 6.20 Å². The van der Waals surface area contributed by atoms with Crippen LogP contribution >= 0.6 is 0 Å². The first-order valence-electron chi connectivity index (χ1n) is 7.23. The number of pyridine rings is 1. The predicted molar refractivity (Wildman–Crippen MR) is 81.5 cm³/mol. The molecule has 3 heterocycles. The van der Waals surface area contributed by atoms with Gasteiger partial charge < -0.3 is 9.73 Å². The Balaban J connectivity index is 1.92. The van der Waals surface area contributed by atoms with Crippen molar-refractivity contribution in [2.24, 2.45) is 5.92 Å². The Labute approximate surface area is 128 Å². The smallest absolute Gasteiger partial charge is 0.287 e. The number of hydrogen-bond donors (Lipinski definition) is 1. The van der Waals surface area contributed by atoms with Gasteiger partial charge in [0.05, 0.1) is 6.04 Å². The summed E-state index contributed by atoms with van der Waals surface area (Å²) in [6.45, 7) is 5.87. The lowest BCUT2D eigenvalue weighted by Crippen LogP contribution is -2.32. The Morgan fingerprint density at radius 3 is 2.73 bits per heavy atom. The van der Waals surface area contributed by atoms with Gasteiger partial charge in [0.15, 0.2) is 17.2 Å². The molecule has 0 aromatic carbocycles. The second-order valence-corrected chi connectivity index (χ2v) is 5.59. The van der Waals surface area contributed by atoms with Crippen molar-refractivity contribution < 1.29 is 9.21 Å². The zero-order chi connectivity index (χ0) is 15.7. The fourth-order valence-corrected chi connectivity index (χ4v) is 2.37. The second-order valence-electron chi connectivity index (χ2n) is 5.59. The number of amides is 1. The number of nitrogens with one attached hydrogen (secondary N) is 1. The Kier molecular flexibility index (Phi) is 3.66. The van der Waals surface area contributed by atoms with Gasteiger partial charge in [0.25, 0.3) is 5.91 Å². The summed E-state index contributed by atoms with van der Waals surface area (Å²) in [6, 6.07) is 8.88. The van der Waals surface area contributed by atoms with Crippen LogP contribution in [-0.4, -0.2) is 20.5 Å². The van der Waals surface area contributed by atoms with Crippen molar-refractivity contribution in [1.29, 1.82) is 0 Å². The van der Waals surface area contributed by atoms with Gasteiger partial charge in [-0.25, -0.2) is 0 Å². The number of nitrogens with zero attached hydrogens (tertiary/aromatic N) is 3. The van der Waals surface area contributed by atoms with E-state index in [-0.39, 0.29) is 17.9 Å². The molecule has 0 fully saturated rings. The minimum Gasteiger partial charge on any atom is -0.456 e. The molecule has 0 aliphatic carbocycles. The number of aromatic nitrogens is 3. The van der Waals surface area contributed by atoms with E-state index in [0.717, 1.165) is 5.65 Å². The van der Waals surface area contributed by atoms with E-state index in [0.29, 0.717) is 17.3 Å². The number of rotatable bonds is 4. The van der Waals surface area contributed by atoms with Crippen molar-refractivity contribution in [3.05, 3.63) is 53.9 Å². The molecule has 0 bridgehead atoms. The Bertz CT molecular complexity index is 803. The van der Waals surface area contributed by atoms with Gasteiger partial charge in [-0.2, -0.15) is 0 Å². The van der Waals surface area contributed by atoms with Crippen molar-refractivity contribution in [2.75, 3.05) is 0 Å². The predicted octanol–water partition coefficient (Wildman–Crippen LogP) is 2.76. The standard InChI is InChI=1S/C16H18N4O2/c1-10(2)14(17-16(21)12-8-7-11(3)22-12)15-19-18-13-6-4-5-9-20(13)15/h4-10,14H,1-3H3,(H,17,21)/t14-/m0/s1. The molecule has 6 heteroatoms. The van der Waals surface area contributed by atoms with Crippen molar-refractivity contribution in [1.82, 2.24) is 19.9 Å². The van der Waals surface area contributed by atoms with Gasteiger partial charge >= 0.3 is 0 Å². The highest BCUT2D eigenvalue weighted by Gasteiger charge is 2.25. The zero-order valence-electron chi connectivity index (χ0n) is 12.8. The van der Waals surface area contributed by atoms with Crippen LogP contribution in [0.4, 0.5) is 0 Å². The SMILES string of the molecule is Cc1ccc(C(=O)N[C@H](c2nnc3ccccn23)C(C)C)o1. The van der Waals surface area contributed by atoms with Gasteiger partial charge in [-0.1, -0.05) is 19.9 Å². The Hall–Kier alpha value is -2.63. The molecule has 0 radical (unpaired) electrons. The average Bonchev–Trinajstić information content (AvgIpc) is 3.10. The summed E-state index contributed by atoms with van der Waals surface area (Å²) < 4.78 is 7.26. The van der Waals surface area contributed by atoms with Gasteiger partial charge in [0.2, 0.25) is 0 Å². The first kappa shape index (κ1) is 14.3. The number of aryl methyl sites for hydroxylation is 1. The summed E-state index contributed by atoms with van der Waals surface area (Å²) in [6.07, 6.45) is 1.89. The van der Waals surface area contributed by atoms with Gasteiger partial charge in [-0.3, -0.25) is 9.20 Å². The number of carbonyl (C=O) groups is 1. The van der Waals surface area contributed by atoms with E-state index in [2.05, 4.69) is 15.5 Å². The van der Waals surface area contributed by atoms with Crippen molar-refractivity contribution in [3.63, 3.8) is 0 Å². The molecule has 3 aromatic heterocycles. The topological polar surface area (TPSA) is 72.4 Å². The molecule has 0 aliphatic rings. The molecule has 0 aliphatic heterocycles. The van der Waals surface area contributed by atoms with Crippen molar-refractivity contribution in [3.8, 4) is 0 Å². The summed E-state index contributed by atoms with van der Waals surface area (Å²) in [5.74, 6) is 1.63. The third-order valence-electron chi connectivity index (χ3n) is 3.54. The van der Waals surface area contributed by atoms with Crippen LogP contribution in [0.2, 0.25) is 0 Å². The van der Waals surface area contributed by atoms with Crippen LogP contribution in [0.15, 0.2) is 40.9 Å². The fourth-order valence-electron chi connectivity index (χ4n) is 2.37. The van der Waals surface area contributed by atoms with E-state index in [9.17, 15) is 4.79 Å². The maximum atomic E-state index is 12.3. The highest BCUT2D eigenvalue weighted by atomic mass is 16.3. The number of carbonyl (C=O) groups excluding carboxylic acids is 1. The van der Waals surface area contributed by atoms with Crippen LogP contribution in [-0.2, 0) is 0 Å². The fraction of sp³-hybridized carbons (Fsp3) is 0.312. The number of hydrogen-bond acceptors (Lipinski definition) is 4. The molecule has 1 N–H and O–H groups in total. The van der Waals surface area contributed by atoms with E-state index in [4.69, 9.17) is 4.42 Å². The van der Waals surface area contributed by atoms with E-state index < -0.39 is 0 Å². The quantitative estimate of drug-likeness (QED) is 0.804. The minimum absolute atomic E-state index is 0.160. The van der Waals surface area contributed by atoms with Gasteiger partial charge in [-0.15, -0.1) is 10.2 Å². The average molecular weight is 298 g/mol. The third kappa shape index (κ3) is 2.59. The van der Waals surface area contributed by atoms with Crippen LogP contribution < -0.4 is 5.32 Å². The summed E-state index contributed by atoms with van der Waals surface area (Å²) in [7, 11) is 0. The Morgan fingerprint density at radius 2 is 2.05 bits per heavy atom. The first-order chi connectivity index (χ1) is 10.6. The Morgan fingerprint density at radius 1 is 1.23 bits per heavy atom. The normalized spacial score (nSPS) is 12.7. The molecule has 0 saturated heterocycles. The van der Waals surface area contributed by atoms with Crippen LogP contribution in [0.25, 0.3) is 5.65 Å². The highest BCUT2D eigenvalue weighted by molar-refractivity contribution is 5.91. The molecule has 3 aromatic rings. The van der Waals surface area contributed by atoms with Gasteiger partial charge in [-0.05, 0) is 37.1 Å². The molecule has 22 heavy (non-hydrogen) atoms. The van der Waals surface area contributed by atoms with Crippen LogP contribution in [0, 0.1) is 12.8 Å². The van der Waals surface area contributed by atoms with Crippen molar-refractivity contribution >= 4 is 11.6 Å². The number of furan rings is 1. The first-order valence-corrected chi connectivity index (χ1v) is 7.23. The summed E-state index contributed by atoms with van der Waals surface area (Å²) in [5, 5.41) is 11.4. The van der Waals surface area contributed by atoms with Crippen molar-refractivity contribution in [2.45, 2.75) is 26.8 Å². The van der Waals surface area contributed by atoms with Crippen LogP contribution in [0.1, 0.15) is 42.0 Å². The van der Waals surface area contributed by atoms with Gasteiger partial charge in [0.1, 0.15) is 5.76 Å². The molecule has 6 nitrogen and oxygen atoms in total. The summed E-state index contributed by atoms with van der Waals surface area (Å²) in [4.78, 5) is 12.3. The number of fused-ring (bicyclic) bond motifs is 1. The van der Waals surface area contributed by atoms with E-state index in [1.165, 1.54) is 0 Å². The maximum absolute atomic E-state index is 12.3. The molecule has 0 unspecified atom stereocenters. The molecule has 0 saturated carbocycles. The van der Waals surface area contributed by atoms with Crippen LogP contribution in [0.5, 0.6) is 0 Å². The molecule has 1 amide bonds. The lowest BCUT2D eigenvalue weighted by molar-refractivity contribution is 0.0893. The van der Waals surface area contributed by atoms with Crippen LogP contribution in [0.3, 0.4) is 0 Å². The molecular weight excluding hydrogens is 280 g/mol. The third-order valence-corrected chi connectivity index (χ3v) is 3.54. The monoisotopic (exact) mass is 298 g/mol. The molecular formula is C16H18N4O2. The summed E-state index contributed by atoms with van der Waals surface area (Å²) in [5.41, 5.74) is 0.756. The molecule has 114 valence electrons. The molecule has 3 rings (SSSR count). The maximum Gasteiger partial charge on any atom is 0.287 e. The molecule has 0 spiro atoms. The lowest BCUT2D eigenvalue weighted by atomic mass is 10.0. The van der Waals surface area contributed by atoms with E-state index in [1.807, 2.05) is 49.6 Å². The second kappa shape index (κ2) is 5.63. The largest absolute Gasteiger partial charge is 0.456 e. The minimum atomic E-state index is -0.254. The highest BCUT2D eigenvalue weighted by Crippen LogP contribution is 2.21.